The molecule has 36 heavy (non-hydrogen) atoms. The molecule has 1 aromatic heterocycles. The second-order valence-corrected chi connectivity index (χ2v) is 14.3. The summed E-state index contributed by atoms with van der Waals surface area (Å²) in [6.07, 6.45) is 2.50. The van der Waals surface area contributed by atoms with Crippen LogP contribution < -0.4 is 21.4 Å². The third kappa shape index (κ3) is 6.70. The molecular weight excluding hydrogens is 486 g/mol. The zero-order chi connectivity index (χ0) is 26.5. The second kappa shape index (κ2) is 11.4. The fourth-order valence-corrected chi connectivity index (χ4v) is 4.90. The van der Waals surface area contributed by atoms with E-state index < -0.39 is 43.1 Å². The largest absolute Gasteiger partial charge is 0.380 e. The maximum atomic E-state index is 14.8. The minimum absolute atomic E-state index is 0.304. The van der Waals surface area contributed by atoms with E-state index >= 15 is 0 Å². The van der Waals surface area contributed by atoms with Crippen LogP contribution >= 0.6 is 0 Å². The molecule has 2 amide bonds. The van der Waals surface area contributed by atoms with Gasteiger partial charge in [0.25, 0.3) is 11.5 Å². The first-order valence-corrected chi connectivity index (χ1v) is 14.7. The highest BCUT2D eigenvalue weighted by Crippen LogP contribution is 2.21. The summed E-state index contributed by atoms with van der Waals surface area (Å²) in [5.74, 6) is -2.80. The minimum Gasteiger partial charge on any atom is -0.380 e. The fourth-order valence-electron chi connectivity index (χ4n) is 3.55. The number of nitrogens with one attached hydrogen (secondary N) is 2. The van der Waals surface area contributed by atoms with Gasteiger partial charge in [-0.3, -0.25) is 19.0 Å². The molecule has 3 rings (SSSR count). The number of amides is 2. The molecule has 0 aliphatic carbocycles. The number of ether oxygens (including phenoxy) is 1. The third-order valence-electron chi connectivity index (χ3n) is 5.42. The highest BCUT2D eigenvalue weighted by molar-refractivity contribution is 6.88. The van der Waals surface area contributed by atoms with E-state index in [2.05, 4.69) is 15.6 Å². The molecule has 8 nitrogen and oxygen atoms in total. The molecule has 2 N–H and O–H groups in total. The highest BCUT2D eigenvalue weighted by atomic mass is 28.3. The van der Waals surface area contributed by atoms with Crippen molar-refractivity contribution in [2.75, 3.05) is 12.4 Å². The van der Waals surface area contributed by atoms with Crippen LogP contribution in [0.2, 0.25) is 19.6 Å². The summed E-state index contributed by atoms with van der Waals surface area (Å²) in [6.45, 7) is 5.62. The minimum atomic E-state index is -2.15. The van der Waals surface area contributed by atoms with Gasteiger partial charge in [0.2, 0.25) is 5.91 Å². The van der Waals surface area contributed by atoms with E-state index in [0.29, 0.717) is 17.4 Å². The Labute approximate surface area is 208 Å². The number of benzene rings is 2. The summed E-state index contributed by atoms with van der Waals surface area (Å²) in [7, 11) is -0.603. The van der Waals surface area contributed by atoms with Crippen molar-refractivity contribution in [1.29, 1.82) is 0 Å². The normalized spacial score (nSPS) is 12.2. The lowest BCUT2D eigenvalue weighted by molar-refractivity contribution is -0.127. The van der Waals surface area contributed by atoms with Crippen molar-refractivity contribution in [3.8, 4) is 0 Å². The topological polar surface area (TPSA) is 102 Å². The summed E-state index contributed by atoms with van der Waals surface area (Å²) in [5.41, 5.74) is 0.464. The number of hydrogen-bond donors (Lipinski definition) is 2. The molecule has 3 aromatic rings. The van der Waals surface area contributed by atoms with Crippen molar-refractivity contribution in [1.82, 2.24) is 14.9 Å². The smallest absolute Gasteiger partial charge is 0.253 e. The lowest BCUT2D eigenvalue weighted by Gasteiger charge is -2.21. The SMILES string of the molecule is COCc1ccc(C(NC(=O)Cn2cnccc2=O)C(=O)Nc2cc(F)c([Si](C)(C)C)cc2F)cc1. The summed E-state index contributed by atoms with van der Waals surface area (Å²) in [5, 5.41) is 5.27. The molecule has 0 fully saturated rings. The van der Waals surface area contributed by atoms with E-state index in [9.17, 15) is 23.2 Å². The number of nitrogens with zero attached hydrogens (tertiary/aromatic N) is 2. The maximum Gasteiger partial charge on any atom is 0.253 e. The molecule has 0 saturated heterocycles. The van der Waals surface area contributed by atoms with Gasteiger partial charge in [0.1, 0.15) is 24.2 Å². The van der Waals surface area contributed by atoms with Crippen LogP contribution in [0, 0.1) is 11.6 Å². The number of rotatable bonds is 9. The van der Waals surface area contributed by atoms with Crippen LogP contribution in [0.25, 0.3) is 0 Å². The Morgan fingerprint density at radius 3 is 2.39 bits per heavy atom. The number of methoxy groups -OCH3 is 1. The van der Waals surface area contributed by atoms with Gasteiger partial charge in [0.05, 0.1) is 26.7 Å². The number of aromatic nitrogens is 2. The van der Waals surface area contributed by atoms with Gasteiger partial charge in [-0.05, 0) is 22.4 Å². The van der Waals surface area contributed by atoms with Gasteiger partial charge in [0, 0.05) is 25.4 Å². The Hall–Kier alpha value is -3.70. The van der Waals surface area contributed by atoms with E-state index in [1.165, 1.54) is 18.6 Å². The molecule has 190 valence electrons. The molecule has 0 spiro atoms. The standard InChI is InChI=1S/C25H28F2N4O4Si/c1-35-14-16-5-7-17(8-6-16)24(30-22(32)13-31-15-28-10-9-23(31)33)25(34)29-20-11-19(27)21(12-18(20)26)36(2,3)4/h5-12,15,24H,13-14H2,1-4H3,(H,29,34)(H,30,32). The van der Waals surface area contributed by atoms with E-state index in [0.717, 1.165) is 22.3 Å². The Bertz CT molecular complexity index is 1310. The van der Waals surface area contributed by atoms with Crippen LogP contribution in [-0.4, -0.2) is 36.5 Å². The Kier molecular flexibility index (Phi) is 8.48. The summed E-state index contributed by atoms with van der Waals surface area (Å²) in [4.78, 5) is 41.7. The fraction of sp³-hybridized carbons (Fsp3) is 0.280. The Morgan fingerprint density at radius 2 is 1.78 bits per heavy atom. The molecule has 2 aromatic carbocycles. The van der Waals surface area contributed by atoms with Crippen molar-refractivity contribution in [2.45, 2.75) is 38.8 Å². The molecule has 0 radical (unpaired) electrons. The second-order valence-electron chi connectivity index (χ2n) is 9.27. The van der Waals surface area contributed by atoms with Crippen LogP contribution in [0.1, 0.15) is 17.2 Å². The number of carbonyl (C=O) groups excluding carboxylic acids is 2. The van der Waals surface area contributed by atoms with Crippen LogP contribution in [0.4, 0.5) is 14.5 Å². The van der Waals surface area contributed by atoms with Crippen molar-refractivity contribution in [2.24, 2.45) is 0 Å². The number of anilines is 1. The average Bonchev–Trinajstić information content (AvgIpc) is 2.81. The van der Waals surface area contributed by atoms with E-state index in [1.54, 1.807) is 31.4 Å². The summed E-state index contributed by atoms with van der Waals surface area (Å²) < 4.78 is 35.7. The molecule has 0 aliphatic rings. The zero-order valence-electron chi connectivity index (χ0n) is 20.5. The van der Waals surface area contributed by atoms with Gasteiger partial charge in [-0.1, -0.05) is 43.9 Å². The Morgan fingerprint density at radius 1 is 1.08 bits per heavy atom. The molecule has 1 atom stereocenters. The quantitative estimate of drug-likeness (QED) is 0.428. The van der Waals surface area contributed by atoms with E-state index in [-0.39, 0.29) is 12.2 Å². The molecule has 0 saturated carbocycles. The van der Waals surface area contributed by atoms with Crippen LogP contribution in [-0.2, 0) is 27.5 Å². The maximum absolute atomic E-state index is 14.8. The van der Waals surface area contributed by atoms with Gasteiger partial charge < -0.3 is 15.4 Å². The van der Waals surface area contributed by atoms with Crippen molar-refractivity contribution < 1.29 is 23.1 Å². The van der Waals surface area contributed by atoms with Gasteiger partial charge >= 0.3 is 0 Å². The monoisotopic (exact) mass is 514 g/mol. The van der Waals surface area contributed by atoms with Crippen molar-refractivity contribution >= 4 is 30.8 Å². The first-order chi connectivity index (χ1) is 17.0. The predicted molar refractivity (Wildman–Crippen MR) is 135 cm³/mol. The predicted octanol–water partition coefficient (Wildman–Crippen LogP) is 2.71. The lowest BCUT2D eigenvalue weighted by Crippen LogP contribution is -2.41. The van der Waals surface area contributed by atoms with Gasteiger partial charge in [-0.2, -0.15) is 0 Å². The first-order valence-electron chi connectivity index (χ1n) is 11.2. The van der Waals surface area contributed by atoms with E-state index in [4.69, 9.17) is 4.74 Å². The van der Waals surface area contributed by atoms with Crippen LogP contribution in [0.5, 0.6) is 0 Å². The number of halogens is 2. The highest BCUT2D eigenvalue weighted by Gasteiger charge is 2.27. The van der Waals surface area contributed by atoms with Gasteiger partial charge in [0.15, 0.2) is 0 Å². The van der Waals surface area contributed by atoms with Gasteiger partial charge in [-0.25, -0.2) is 13.8 Å². The van der Waals surface area contributed by atoms with Gasteiger partial charge in [-0.15, -0.1) is 0 Å². The molecule has 1 heterocycles. The Balaban J connectivity index is 1.89. The zero-order valence-corrected chi connectivity index (χ0v) is 21.5. The molecule has 0 aliphatic heterocycles. The average molecular weight is 515 g/mol. The number of carbonyl (C=O) groups is 2. The van der Waals surface area contributed by atoms with Crippen LogP contribution in [0.15, 0.2) is 59.8 Å². The first kappa shape index (κ1) is 26.9. The lowest BCUT2D eigenvalue weighted by atomic mass is 10.0. The van der Waals surface area contributed by atoms with Crippen molar-refractivity contribution in [3.05, 3.63) is 88.1 Å². The number of hydrogen-bond acceptors (Lipinski definition) is 5. The molecule has 1 unspecified atom stereocenters. The summed E-state index contributed by atoms with van der Waals surface area (Å²) in [6, 6.07) is 8.71. The molecule has 11 heteroatoms. The van der Waals surface area contributed by atoms with Crippen LogP contribution in [0.3, 0.4) is 0 Å². The molecule has 0 bridgehead atoms. The van der Waals surface area contributed by atoms with E-state index in [1.807, 2.05) is 19.6 Å². The summed E-state index contributed by atoms with van der Waals surface area (Å²) >= 11 is 0. The third-order valence-corrected chi connectivity index (χ3v) is 7.42. The molecular formula is C25H28F2N4O4Si. The van der Waals surface area contributed by atoms with Crippen molar-refractivity contribution in [3.63, 3.8) is 0 Å².